The van der Waals surface area contributed by atoms with Crippen molar-refractivity contribution in [3.63, 3.8) is 0 Å². The zero-order valence-corrected chi connectivity index (χ0v) is 9.83. The van der Waals surface area contributed by atoms with Crippen LogP contribution in [0.4, 0.5) is 0 Å². The zero-order valence-electron chi connectivity index (χ0n) is 7.83. The smallest absolute Gasteiger partial charge is 0.854 e. The van der Waals surface area contributed by atoms with Crippen molar-refractivity contribution in [1.82, 2.24) is 4.90 Å². The van der Waals surface area contributed by atoms with Gasteiger partial charge in [0.2, 0.25) is 0 Å². The van der Waals surface area contributed by atoms with Crippen LogP contribution in [0.25, 0.3) is 0 Å². The largest absolute Gasteiger partial charge is 1.00 e. The third kappa shape index (κ3) is 8.93. The molecule has 0 saturated carbocycles. The molecule has 5 heteroatoms. The minimum absolute atomic E-state index is 0. The molecule has 4 nitrogen and oxygen atoms in total. The molecule has 0 aliphatic heterocycles. The van der Waals surface area contributed by atoms with Crippen LogP contribution in [0.2, 0.25) is 0 Å². The first-order chi connectivity index (χ1) is 5.35. The van der Waals surface area contributed by atoms with E-state index >= 15 is 0 Å². The summed E-state index contributed by atoms with van der Waals surface area (Å²) in [5, 5.41) is 18.7. The summed E-state index contributed by atoms with van der Waals surface area (Å²) in [6, 6.07) is 0. The van der Waals surface area contributed by atoms with Crippen molar-refractivity contribution in [2.75, 3.05) is 39.4 Å². The number of nitrogens with two attached hydrogens (primary N) is 1. The molecule has 0 atom stereocenters. The predicted molar refractivity (Wildman–Crippen MR) is 42.1 cm³/mol. The molecule has 0 aliphatic rings. The van der Waals surface area contributed by atoms with Crippen LogP contribution in [0, 0.1) is 0 Å². The Kier molecular flexibility index (Phi) is 15.1. The summed E-state index contributed by atoms with van der Waals surface area (Å²) < 4.78 is 0. The molecule has 0 aromatic carbocycles. The molecule has 3 N–H and O–H groups in total. The van der Waals surface area contributed by atoms with Crippen LogP contribution in [0.3, 0.4) is 0 Å². The van der Waals surface area contributed by atoms with Crippen LogP contribution >= 0.6 is 0 Å². The van der Waals surface area contributed by atoms with Crippen LogP contribution in [-0.4, -0.2) is 49.4 Å². The Balaban J connectivity index is 0. The number of aliphatic hydroxyl groups is 1. The number of nitrogens with zero attached hydrogens (tertiary/aromatic N) is 1. The first kappa shape index (κ1) is 15.3. The van der Waals surface area contributed by atoms with E-state index in [-0.39, 0.29) is 42.8 Å². The Hall–Kier alpha value is 0.840. The zero-order chi connectivity index (χ0) is 8.53. The van der Waals surface area contributed by atoms with Gasteiger partial charge in [-0.15, -0.1) is 6.61 Å². The van der Waals surface area contributed by atoms with Crippen molar-refractivity contribution >= 4 is 0 Å². The van der Waals surface area contributed by atoms with E-state index in [1.165, 1.54) is 0 Å². The molecule has 0 spiro atoms. The summed E-state index contributed by atoms with van der Waals surface area (Å²) in [6.07, 6.45) is 0.639. The number of rotatable bonds is 7. The molecule has 0 aliphatic carbocycles. The van der Waals surface area contributed by atoms with Crippen LogP contribution in [0.1, 0.15) is 6.42 Å². The maximum absolute atomic E-state index is 10.1. The molecule has 0 heterocycles. The molecule has 68 valence electrons. The van der Waals surface area contributed by atoms with E-state index in [4.69, 9.17) is 10.8 Å². The van der Waals surface area contributed by atoms with Crippen molar-refractivity contribution in [1.29, 1.82) is 0 Å². The molecular weight excluding hydrogens is 167 g/mol. The van der Waals surface area contributed by atoms with Crippen LogP contribution in [-0.2, 0) is 0 Å². The van der Waals surface area contributed by atoms with Crippen LogP contribution in [0.15, 0.2) is 0 Å². The normalized spacial score (nSPS) is 10.0. The van der Waals surface area contributed by atoms with Crippen molar-refractivity contribution in [3.8, 4) is 0 Å². The quantitative estimate of drug-likeness (QED) is 0.389. The maximum atomic E-state index is 10.1. The average Bonchev–Trinajstić information content (AvgIpc) is 2.01. The van der Waals surface area contributed by atoms with Crippen molar-refractivity contribution in [2.45, 2.75) is 6.42 Å². The third-order valence-electron chi connectivity index (χ3n) is 1.48. The Labute approximate surface area is 96.0 Å². The monoisotopic (exact) mass is 184 g/mol. The van der Waals surface area contributed by atoms with Crippen molar-refractivity contribution in [3.05, 3.63) is 0 Å². The molecule has 0 rings (SSSR count). The molecule has 0 aromatic rings. The molecule has 0 unspecified atom stereocenters. The van der Waals surface area contributed by atoms with Gasteiger partial charge in [0.1, 0.15) is 0 Å². The summed E-state index contributed by atoms with van der Waals surface area (Å²) in [5.74, 6) is 0. The summed E-state index contributed by atoms with van der Waals surface area (Å²) in [6.45, 7) is 2.81. The summed E-state index contributed by atoms with van der Waals surface area (Å²) in [7, 11) is 0. The van der Waals surface area contributed by atoms with Crippen LogP contribution < -0.4 is 40.4 Å². The summed E-state index contributed by atoms with van der Waals surface area (Å²) in [4.78, 5) is 2.00. The molecule has 0 fully saturated rings. The number of hydrogen-bond donors (Lipinski definition) is 2. The Bertz CT molecular complexity index is 79.8. The van der Waals surface area contributed by atoms with Gasteiger partial charge in [-0.3, -0.25) is 4.90 Å². The molecule has 0 bridgehead atoms. The minimum Gasteiger partial charge on any atom is -0.854 e. The van der Waals surface area contributed by atoms with Gasteiger partial charge in [-0.1, -0.05) is 6.42 Å². The van der Waals surface area contributed by atoms with Gasteiger partial charge < -0.3 is 15.9 Å². The Morgan fingerprint density at radius 3 is 2.33 bits per heavy atom. The van der Waals surface area contributed by atoms with Crippen LogP contribution in [0.5, 0.6) is 0 Å². The van der Waals surface area contributed by atoms with E-state index in [0.29, 0.717) is 19.5 Å². The minimum atomic E-state index is -0.0491. The van der Waals surface area contributed by atoms with E-state index in [2.05, 4.69) is 0 Å². The first-order valence-electron chi connectivity index (χ1n) is 3.96. The average molecular weight is 184 g/mol. The van der Waals surface area contributed by atoms with Crippen molar-refractivity contribution < 1.29 is 39.8 Å². The number of aliphatic hydroxyl groups excluding tert-OH is 1. The number of hydrogen-bond acceptors (Lipinski definition) is 4. The van der Waals surface area contributed by atoms with Gasteiger partial charge in [0.05, 0.1) is 6.61 Å². The fourth-order valence-electron chi connectivity index (χ4n) is 0.948. The Morgan fingerprint density at radius 2 is 1.92 bits per heavy atom. The van der Waals surface area contributed by atoms with E-state index in [0.717, 1.165) is 13.1 Å². The first-order valence-corrected chi connectivity index (χ1v) is 3.96. The second-order valence-corrected chi connectivity index (χ2v) is 2.41. The van der Waals surface area contributed by atoms with Gasteiger partial charge in [0.25, 0.3) is 0 Å². The van der Waals surface area contributed by atoms with Gasteiger partial charge in [-0.2, -0.15) is 0 Å². The second kappa shape index (κ2) is 11.8. The molecule has 0 radical (unpaired) electrons. The molecule has 12 heavy (non-hydrogen) atoms. The van der Waals surface area contributed by atoms with Crippen molar-refractivity contribution in [2.24, 2.45) is 5.73 Å². The third-order valence-corrected chi connectivity index (χ3v) is 1.48. The van der Waals surface area contributed by atoms with Gasteiger partial charge in [-0.25, -0.2) is 0 Å². The van der Waals surface area contributed by atoms with E-state index in [1.54, 1.807) is 0 Å². The van der Waals surface area contributed by atoms with E-state index < -0.39 is 0 Å². The SMILES string of the molecule is NCCN(CCO)CCC[O-].[Na+]. The van der Waals surface area contributed by atoms with E-state index in [9.17, 15) is 5.11 Å². The fraction of sp³-hybridized carbons (Fsp3) is 1.00. The van der Waals surface area contributed by atoms with Gasteiger partial charge in [-0.05, 0) is 6.54 Å². The molecule has 0 saturated heterocycles. The van der Waals surface area contributed by atoms with E-state index in [1.807, 2.05) is 4.90 Å². The summed E-state index contributed by atoms with van der Waals surface area (Å²) >= 11 is 0. The maximum Gasteiger partial charge on any atom is 1.00 e. The Morgan fingerprint density at radius 1 is 1.25 bits per heavy atom. The molecule has 0 aromatic heterocycles. The summed E-state index contributed by atoms with van der Waals surface area (Å²) in [5.41, 5.74) is 5.33. The van der Waals surface area contributed by atoms with Gasteiger partial charge in [0.15, 0.2) is 0 Å². The topological polar surface area (TPSA) is 72.5 Å². The van der Waals surface area contributed by atoms with Gasteiger partial charge >= 0.3 is 29.6 Å². The molecular formula is C7H17N2NaO2. The predicted octanol–water partition coefficient (Wildman–Crippen LogP) is -5.01. The fourth-order valence-corrected chi connectivity index (χ4v) is 0.948. The standard InChI is InChI=1S/C7H17N2O2.Na/c8-2-4-9(5-7-11)3-1-6-10;/h11H,1-8H2;/q-1;+1. The van der Waals surface area contributed by atoms with Gasteiger partial charge in [0, 0.05) is 19.6 Å². The second-order valence-electron chi connectivity index (χ2n) is 2.41. The molecule has 0 amide bonds.